The molecule has 1 N–H and O–H groups in total. The predicted octanol–water partition coefficient (Wildman–Crippen LogP) is 1.85. The van der Waals surface area contributed by atoms with E-state index in [1.807, 2.05) is 6.92 Å². The van der Waals surface area contributed by atoms with Crippen molar-refractivity contribution in [2.45, 2.75) is 19.8 Å². The normalized spacial score (nSPS) is 20.6. The second kappa shape index (κ2) is 3.58. The van der Waals surface area contributed by atoms with Crippen LogP contribution >= 0.6 is 0 Å². The van der Waals surface area contributed by atoms with Gasteiger partial charge in [0.15, 0.2) is 5.76 Å². The fraction of sp³-hybridized carbons (Fsp3) is 0.545. The van der Waals surface area contributed by atoms with E-state index in [9.17, 15) is 4.79 Å². The van der Waals surface area contributed by atoms with Crippen LogP contribution in [0.2, 0.25) is 0 Å². The molecule has 0 atom stereocenters. The van der Waals surface area contributed by atoms with Crippen molar-refractivity contribution in [3.8, 4) is 0 Å². The first kappa shape index (κ1) is 9.46. The van der Waals surface area contributed by atoms with Gasteiger partial charge in [0.1, 0.15) is 0 Å². The first-order valence-electron chi connectivity index (χ1n) is 5.01. The zero-order valence-corrected chi connectivity index (χ0v) is 8.38. The SMILES string of the molecule is CC1(C(=O)c2ccco2)CCNCC1. The van der Waals surface area contributed by atoms with Crippen LogP contribution in [0.4, 0.5) is 0 Å². The lowest BCUT2D eigenvalue weighted by Gasteiger charge is -2.31. The summed E-state index contributed by atoms with van der Waals surface area (Å²) in [6, 6.07) is 3.51. The lowest BCUT2D eigenvalue weighted by Crippen LogP contribution is -2.39. The number of nitrogens with one attached hydrogen (secondary N) is 1. The van der Waals surface area contributed by atoms with Crippen LogP contribution in [0, 0.1) is 5.41 Å². The average Bonchev–Trinajstić information content (AvgIpc) is 2.70. The van der Waals surface area contributed by atoms with Gasteiger partial charge in [-0.05, 0) is 38.1 Å². The quantitative estimate of drug-likeness (QED) is 0.729. The second-order valence-corrected chi connectivity index (χ2v) is 4.12. The van der Waals surface area contributed by atoms with Gasteiger partial charge in [-0.25, -0.2) is 0 Å². The van der Waals surface area contributed by atoms with E-state index >= 15 is 0 Å². The van der Waals surface area contributed by atoms with E-state index in [0.717, 1.165) is 25.9 Å². The number of hydrogen-bond acceptors (Lipinski definition) is 3. The van der Waals surface area contributed by atoms with Gasteiger partial charge < -0.3 is 9.73 Å². The van der Waals surface area contributed by atoms with Gasteiger partial charge in [-0.2, -0.15) is 0 Å². The van der Waals surface area contributed by atoms with Crippen molar-refractivity contribution in [3.63, 3.8) is 0 Å². The Morgan fingerprint density at radius 2 is 2.21 bits per heavy atom. The van der Waals surface area contributed by atoms with Crippen molar-refractivity contribution in [1.29, 1.82) is 0 Å². The minimum absolute atomic E-state index is 0.143. The molecule has 0 radical (unpaired) electrons. The predicted molar refractivity (Wildman–Crippen MR) is 53.2 cm³/mol. The monoisotopic (exact) mass is 193 g/mol. The summed E-state index contributed by atoms with van der Waals surface area (Å²) in [5.41, 5.74) is -0.233. The minimum Gasteiger partial charge on any atom is -0.461 e. The number of Topliss-reactive ketones (excluding diaryl/α,β-unsaturated/α-hetero) is 1. The number of hydrogen-bond donors (Lipinski definition) is 1. The molecule has 1 aromatic heterocycles. The Hall–Kier alpha value is -1.09. The molecular formula is C11H15NO2. The molecule has 2 rings (SSSR count). The topological polar surface area (TPSA) is 42.2 Å². The highest BCUT2D eigenvalue weighted by Gasteiger charge is 2.36. The van der Waals surface area contributed by atoms with E-state index in [4.69, 9.17) is 4.42 Å². The number of carbonyl (C=O) groups is 1. The minimum atomic E-state index is -0.233. The number of ketones is 1. The number of rotatable bonds is 2. The lowest BCUT2D eigenvalue weighted by atomic mass is 9.76. The van der Waals surface area contributed by atoms with E-state index < -0.39 is 0 Å². The Labute approximate surface area is 83.5 Å². The summed E-state index contributed by atoms with van der Waals surface area (Å²) in [7, 11) is 0. The van der Waals surface area contributed by atoms with Crippen LogP contribution in [0.15, 0.2) is 22.8 Å². The number of carbonyl (C=O) groups excluding carboxylic acids is 1. The van der Waals surface area contributed by atoms with Gasteiger partial charge in [0.2, 0.25) is 5.78 Å². The summed E-state index contributed by atoms with van der Waals surface area (Å²) in [5.74, 6) is 0.637. The summed E-state index contributed by atoms with van der Waals surface area (Å²) in [5, 5.41) is 3.26. The van der Waals surface area contributed by atoms with Gasteiger partial charge in [-0.3, -0.25) is 4.79 Å². The first-order valence-corrected chi connectivity index (χ1v) is 5.01. The smallest absolute Gasteiger partial charge is 0.203 e. The highest BCUT2D eigenvalue weighted by Crippen LogP contribution is 2.32. The molecule has 0 spiro atoms. The van der Waals surface area contributed by atoms with E-state index in [-0.39, 0.29) is 11.2 Å². The molecule has 0 aromatic carbocycles. The second-order valence-electron chi connectivity index (χ2n) is 4.12. The molecule has 0 aliphatic carbocycles. The fourth-order valence-corrected chi connectivity index (χ4v) is 1.91. The molecule has 0 amide bonds. The maximum Gasteiger partial charge on any atom is 0.203 e. The van der Waals surface area contributed by atoms with Crippen LogP contribution in [0.1, 0.15) is 30.3 Å². The molecule has 2 heterocycles. The summed E-state index contributed by atoms with van der Waals surface area (Å²) in [6.07, 6.45) is 3.34. The van der Waals surface area contributed by atoms with Crippen molar-refractivity contribution in [2.75, 3.05) is 13.1 Å². The maximum absolute atomic E-state index is 12.1. The summed E-state index contributed by atoms with van der Waals surface area (Å²) in [6.45, 7) is 3.87. The van der Waals surface area contributed by atoms with Crippen molar-refractivity contribution < 1.29 is 9.21 Å². The van der Waals surface area contributed by atoms with E-state index in [1.54, 1.807) is 18.4 Å². The molecule has 1 aliphatic heterocycles. The zero-order valence-electron chi connectivity index (χ0n) is 8.38. The Balaban J connectivity index is 2.17. The Morgan fingerprint density at radius 3 is 2.79 bits per heavy atom. The molecule has 0 unspecified atom stereocenters. The number of furan rings is 1. The highest BCUT2D eigenvalue weighted by molar-refractivity contribution is 5.97. The third kappa shape index (κ3) is 1.60. The fourth-order valence-electron chi connectivity index (χ4n) is 1.91. The molecule has 3 nitrogen and oxygen atoms in total. The Kier molecular flexibility index (Phi) is 2.42. The first-order chi connectivity index (χ1) is 6.72. The molecule has 0 saturated carbocycles. The van der Waals surface area contributed by atoms with Crippen LogP contribution in [0.3, 0.4) is 0 Å². The standard InChI is InChI=1S/C11H15NO2/c1-11(4-6-12-7-5-11)10(13)9-3-2-8-14-9/h2-3,8,12H,4-7H2,1H3. The molecule has 1 aromatic rings. The lowest BCUT2D eigenvalue weighted by molar-refractivity contribution is 0.0731. The molecular weight excluding hydrogens is 178 g/mol. The molecule has 1 aliphatic rings. The third-order valence-corrected chi connectivity index (χ3v) is 3.00. The van der Waals surface area contributed by atoms with Crippen LogP contribution in [-0.4, -0.2) is 18.9 Å². The Bertz CT molecular complexity index is 310. The summed E-state index contributed by atoms with van der Waals surface area (Å²) in [4.78, 5) is 12.1. The maximum atomic E-state index is 12.1. The van der Waals surface area contributed by atoms with E-state index in [1.165, 1.54) is 0 Å². The molecule has 14 heavy (non-hydrogen) atoms. The Morgan fingerprint density at radius 1 is 1.50 bits per heavy atom. The largest absolute Gasteiger partial charge is 0.461 e. The van der Waals surface area contributed by atoms with Crippen LogP contribution < -0.4 is 5.32 Å². The van der Waals surface area contributed by atoms with Crippen LogP contribution in [-0.2, 0) is 0 Å². The van der Waals surface area contributed by atoms with Gasteiger partial charge in [0, 0.05) is 5.41 Å². The van der Waals surface area contributed by atoms with Crippen molar-refractivity contribution >= 4 is 5.78 Å². The highest BCUT2D eigenvalue weighted by atomic mass is 16.3. The van der Waals surface area contributed by atoms with Crippen molar-refractivity contribution in [2.24, 2.45) is 5.41 Å². The van der Waals surface area contributed by atoms with Crippen molar-refractivity contribution in [3.05, 3.63) is 24.2 Å². The van der Waals surface area contributed by atoms with Gasteiger partial charge in [-0.15, -0.1) is 0 Å². The van der Waals surface area contributed by atoms with E-state index in [2.05, 4.69) is 5.32 Å². The van der Waals surface area contributed by atoms with Gasteiger partial charge >= 0.3 is 0 Å². The molecule has 3 heteroatoms. The number of piperidine rings is 1. The van der Waals surface area contributed by atoms with Gasteiger partial charge in [0.25, 0.3) is 0 Å². The van der Waals surface area contributed by atoms with Crippen molar-refractivity contribution in [1.82, 2.24) is 5.32 Å². The molecule has 76 valence electrons. The molecule has 0 bridgehead atoms. The van der Waals surface area contributed by atoms with Crippen LogP contribution in [0.25, 0.3) is 0 Å². The summed E-state index contributed by atoms with van der Waals surface area (Å²) < 4.78 is 5.14. The summed E-state index contributed by atoms with van der Waals surface area (Å²) >= 11 is 0. The third-order valence-electron chi connectivity index (χ3n) is 3.00. The molecule has 1 fully saturated rings. The average molecular weight is 193 g/mol. The van der Waals surface area contributed by atoms with Gasteiger partial charge in [-0.1, -0.05) is 6.92 Å². The molecule has 1 saturated heterocycles. The zero-order chi connectivity index (χ0) is 10.0. The van der Waals surface area contributed by atoms with E-state index in [0.29, 0.717) is 5.76 Å². The van der Waals surface area contributed by atoms with Crippen LogP contribution in [0.5, 0.6) is 0 Å². The van der Waals surface area contributed by atoms with Gasteiger partial charge in [0.05, 0.1) is 6.26 Å².